The van der Waals surface area contributed by atoms with E-state index < -0.39 is 42.6 Å². The topological polar surface area (TPSA) is 150 Å². The van der Waals surface area contributed by atoms with Gasteiger partial charge in [0, 0.05) is 25.9 Å². The molecule has 246 valence electrons. The number of esters is 3. The van der Waals surface area contributed by atoms with Crippen molar-refractivity contribution in [1.82, 2.24) is 9.97 Å². The number of nitrogens with one attached hydrogen (secondary N) is 2. The summed E-state index contributed by atoms with van der Waals surface area (Å²) in [6.07, 6.45) is 6.05. The number of unbranched alkanes of at least 4 members (excludes halogenated alkanes) is 6. The van der Waals surface area contributed by atoms with E-state index >= 15 is 0 Å². The van der Waals surface area contributed by atoms with Crippen molar-refractivity contribution >= 4 is 35.2 Å². The van der Waals surface area contributed by atoms with Gasteiger partial charge in [0.25, 0.3) is 0 Å². The molecule has 1 aromatic rings. The van der Waals surface area contributed by atoms with E-state index in [1.807, 2.05) is 0 Å². The Morgan fingerprint density at radius 1 is 0.886 bits per heavy atom. The van der Waals surface area contributed by atoms with Crippen LogP contribution in [0.3, 0.4) is 0 Å². The lowest BCUT2D eigenvalue weighted by atomic mass is 10.1. The summed E-state index contributed by atoms with van der Waals surface area (Å²) in [4.78, 5) is 49.6. The molecule has 2 N–H and O–H groups in total. The lowest BCUT2D eigenvalue weighted by Gasteiger charge is -2.29. The molecule has 4 rings (SSSR count). The van der Waals surface area contributed by atoms with Crippen LogP contribution in [0.4, 0.5) is 17.3 Å². The van der Waals surface area contributed by atoms with Gasteiger partial charge in [-0.2, -0.15) is 0 Å². The molecule has 0 saturated carbocycles. The first-order valence-electron chi connectivity index (χ1n) is 16.4. The Morgan fingerprint density at radius 3 is 2.09 bits per heavy atom. The lowest BCUT2D eigenvalue weighted by Crippen LogP contribution is -2.48. The van der Waals surface area contributed by atoms with Crippen LogP contribution < -0.4 is 15.5 Å². The number of ether oxygens (including phenoxy) is 5. The summed E-state index contributed by atoms with van der Waals surface area (Å²) < 4.78 is 29.5. The van der Waals surface area contributed by atoms with Gasteiger partial charge in [0.05, 0.1) is 19.3 Å². The lowest BCUT2D eigenvalue weighted by molar-refractivity contribution is -0.198. The zero-order chi connectivity index (χ0) is 31.3. The second kappa shape index (κ2) is 17.3. The maximum absolute atomic E-state index is 13.1. The van der Waals surface area contributed by atoms with E-state index in [1.165, 1.54) is 6.33 Å². The van der Waals surface area contributed by atoms with E-state index in [-0.39, 0.29) is 32.0 Å². The summed E-state index contributed by atoms with van der Waals surface area (Å²) in [6, 6.07) is 0.123. The van der Waals surface area contributed by atoms with Crippen molar-refractivity contribution in [2.24, 2.45) is 0 Å². The van der Waals surface area contributed by atoms with Crippen molar-refractivity contribution in [3.05, 3.63) is 6.33 Å². The molecule has 4 heterocycles. The van der Waals surface area contributed by atoms with Crippen LogP contribution in [0.15, 0.2) is 6.33 Å². The Bertz CT molecular complexity index is 1090. The summed E-state index contributed by atoms with van der Waals surface area (Å²) in [5, 5.41) is 6.74. The minimum atomic E-state index is -1.25. The smallest absolute Gasteiger partial charge is 0.308 e. The van der Waals surface area contributed by atoms with E-state index in [0.29, 0.717) is 49.8 Å². The third-order valence-corrected chi connectivity index (χ3v) is 7.99. The molecule has 0 bridgehead atoms. The minimum Gasteiger partial charge on any atom is -0.453 e. The maximum atomic E-state index is 13.1. The number of carbonyl (C=O) groups is 3. The van der Waals surface area contributed by atoms with Crippen molar-refractivity contribution in [2.75, 3.05) is 35.4 Å². The number of hydrogen-bond acceptors (Lipinski definition) is 13. The van der Waals surface area contributed by atoms with Crippen LogP contribution in [0.1, 0.15) is 104 Å². The van der Waals surface area contributed by atoms with Crippen LogP contribution in [0.5, 0.6) is 0 Å². The molecule has 3 aliphatic rings. The van der Waals surface area contributed by atoms with Gasteiger partial charge in [0.1, 0.15) is 12.0 Å². The van der Waals surface area contributed by atoms with Gasteiger partial charge < -0.3 is 39.2 Å². The average Bonchev–Trinajstić information content (AvgIpc) is 3.74. The molecular formula is C31H49N5O8. The molecule has 0 aliphatic carbocycles. The molecule has 13 nitrogen and oxygen atoms in total. The van der Waals surface area contributed by atoms with E-state index in [1.54, 1.807) is 4.90 Å². The Morgan fingerprint density at radius 2 is 1.50 bits per heavy atom. The summed E-state index contributed by atoms with van der Waals surface area (Å²) in [5.41, 5.74) is 0.671. The molecule has 5 atom stereocenters. The standard InChI is InChI=1S/C31H49N5O8/c1-4-7-10-13-22(37)41-26-27(42-23(38)14-11-8-5-2)31(43-24(39)15-12-9-6-3)44-30(26)36-20-34-25-28(32-19-33-29(25)36)35-21-16-17-40-18-21/h19,21,26-27,30-31,34H,4-18,20H2,1-3H3,(H,32,33,35)/t21-,26-,27+,30?,31+/m1/s1. The molecule has 1 aromatic heterocycles. The van der Waals surface area contributed by atoms with Gasteiger partial charge in [-0.25, -0.2) is 9.97 Å². The number of aromatic nitrogens is 2. The second-order valence-electron chi connectivity index (χ2n) is 11.6. The average molecular weight is 620 g/mol. The fourth-order valence-electron chi connectivity index (χ4n) is 5.53. The Kier molecular flexibility index (Phi) is 13.3. The van der Waals surface area contributed by atoms with Crippen LogP contribution >= 0.6 is 0 Å². The monoisotopic (exact) mass is 619 g/mol. The molecular weight excluding hydrogens is 570 g/mol. The van der Waals surface area contributed by atoms with E-state index in [2.05, 4.69) is 41.4 Å². The molecule has 0 amide bonds. The molecule has 0 aromatic carbocycles. The zero-order valence-electron chi connectivity index (χ0n) is 26.4. The van der Waals surface area contributed by atoms with Crippen molar-refractivity contribution in [3.8, 4) is 0 Å². The van der Waals surface area contributed by atoms with Crippen LogP contribution in [-0.2, 0) is 38.1 Å². The number of nitrogens with zero attached hydrogens (tertiary/aromatic N) is 3. The number of fused-ring (bicyclic) bond motifs is 1. The first-order valence-corrected chi connectivity index (χ1v) is 16.4. The Hall–Kier alpha value is -3.19. The molecule has 3 aliphatic heterocycles. The fourth-order valence-corrected chi connectivity index (χ4v) is 5.53. The molecule has 2 saturated heterocycles. The number of rotatable bonds is 18. The van der Waals surface area contributed by atoms with Crippen LogP contribution in [-0.4, -0.2) is 78.5 Å². The third-order valence-electron chi connectivity index (χ3n) is 7.99. The number of carbonyl (C=O) groups excluding carboxylic acids is 3. The highest BCUT2D eigenvalue weighted by atomic mass is 16.8. The predicted octanol–water partition coefficient (Wildman–Crippen LogP) is 4.66. The first-order chi connectivity index (χ1) is 21.4. The summed E-state index contributed by atoms with van der Waals surface area (Å²) in [5.74, 6) is -0.202. The summed E-state index contributed by atoms with van der Waals surface area (Å²) >= 11 is 0. The van der Waals surface area contributed by atoms with E-state index in [0.717, 1.165) is 44.9 Å². The maximum Gasteiger partial charge on any atom is 0.308 e. The van der Waals surface area contributed by atoms with Crippen LogP contribution in [0.25, 0.3) is 0 Å². The van der Waals surface area contributed by atoms with Gasteiger partial charge in [-0.1, -0.05) is 59.3 Å². The van der Waals surface area contributed by atoms with Crippen molar-refractivity contribution in [1.29, 1.82) is 0 Å². The molecule has 13 heteroatoms. The number of hydrogen-bond donors (Lipinski definition) is 2. The Balaban J connectivity index is 1.59. The SMILES string of the molecule is CCCCCC(=O)O[C@H]1OC(N2CNc3c(N[C@@H]4CCOC4)ncnc32)[C@H](OC(=O)CCCCC)[C@@H]1OC(=O)CCCCC. The van der Waals surface area contributed by atoms with Crippen molar-refractivity contribution in [2.45, 2.75) is 135 Å². The fraction of sp³-hybridized carbons (Fsp3) is 0.774. The zero-order valence-corrected chi connectivity index (χ0v) is 26.4. The molecule has 44 heavy (non-hydrogen) atoms. The molecule has 1 unspecified atom stereocenters. The summed E-state index contributed by atoms with van der Waals surface area (Å²) in [7, 11) is 0. The van der Waals surface area contributed by atoms with Gasteiger partial charge >= 0.3 is 17.9 Å². The molecule has 0 spiro atoms. The largest absolute Gasteiger partial charge is 0.453 e. The van der Waals surface area contributed by atoms with Gasteiger partial charge in [0.2, 0.25) is 12.4 Å². The first kappa shape index (κ1) is 33.7. The predicted molar refractivity (Wildman–Crippen MR) is 163 cm³/mol. The normalized spacial score (nSPS) is 24.1. The van der Waals surface area contributed by atoms with Gasteiger partial charge in [-0.3, -0.25) is 14.4 Å². The van der Waals surface area contributed by atoms with E-state index in [9.17, 15) is 14.4 Å². The highest BCUT2D eigenvalue weighted by Gasteiger charge is 2.55. The quantitative estimate of drug-likeness (QED) is 0.133. The number of anilines is 3. The van der Waals surface area contributed by atoms with Gasteiger partial charge in [-0.15, -0.1) is 0 Å². The molecule has 2 fully saturated rings. The van der Waals surface area contributed by atoms with Gasteiger partial charge in [0.15, 0.2) is 24.0 Å². The highest BCUT2D eigenvalue weighted by Crippen LogP contribution is 2.40. The Labute approximate surface area is 260 Å². The van der Waals surface area contributed by atoms with Crippen LogP contribution in [0, 0.1) is 0 Å². The van der Waals surface area contributed by atoms with E-state index in [4.69, 9.17) is 23.7 Å². The van der Waals surface area contributed by atoms with Crippen molar-refractivity contribution < 1.29 is 38.1 Å². The minimum absolute atomic E-state index is 0.123. The second-order valence-corrected chi connectivity index (χ2v) is 11.6. The molecule has 0 radical (unpaired) electrons. The van der Waals surface area contributed by atoms with Crippen LogP contribution in [0.2, 0.25) is 0 Å². The summed E-state index contributed by atoms with van der Waals surface area (Å²) in [6.45, 7) is 7.69. The third kappa shape index (κ3) is 9.16. The van der Waals surface area contributed by atoms with Gasteiger partial charge in [-0.05, 0) is 25.7 Å². The van der Waals surface area contributed by atoms with Crippen molar-refractivity contribution in [3.63, 3.8) is 0 Å². The highest BCUT2D eigenvalue weighted by molar-refractivity contribution is 5.81.